The Balaban J connectivity index is 1.14. The summed E-state index contributed by atoms with van der Waals surface area (Å²) in [6.45, 7) is 13.1. The third kappa shape index (κ3) is 7.53. The maximum atomic E-state index is 13.6. The van der Waals surface area contributed by atoms with Gasteiger partial charge in [0.15, 0.2) is 0 Å². The van der Waals surface area contributed by atoms with Gasteiger partial charge in [-0.2, -0.15) is 0 Å². The molecule has 2 amide bonds. The molecule has 2 heterocycles. The van der Waals surface area contributed by atoms with Crippen LogP contribution in [0.4, 0.5) is 5.69 Å². The number of aromatic nitrogens is 2. The van der Waals surface area contributed by atoms with E-state index in [9.17, 15) is 9.59 Å². The fraction of sp³-hybridized carbons (Fsp3) is 0.500. The molecule has 236 valence electrons. The zero-order valence-corrected chi connectivity index (χ0v) is 27.9. The van der Waals surface area contributed by atoms with Gasteiger partial charge in [0.1, 0.15) is 30.7 Å². The van der Waals surface area contributed by atoms with E-state index in [1.807, 2.05) is 59.8 Å². The van der Waals surface area contributed by atoms with Crippen molar-refractivity contribution in [3.63, 3.8) is 0 Å². The molecule has 9 nitrogen and oxygen atoms in total. The summed E-state index contributed by atoms with van der Waals surface area (Å²) in [5.41, 5.74) is 4.59. The van der Waals surface area contributed by atoms with E-state index in [-0.39, 0.29) is 23.8 Å². The number of nitrogens with zero attached hydrogens (tertiary/aromatic N) is 3. The summed E-state index contributed by atoms with van der Waals surface area (Å²) in [4.78, 5) is 33.1. The van der Waals surface area contributed by atoms with Gasteiger partial charge < -0.3 is 29.0 Å². The van der Waals surface area contributed by atoms with Crippen LogP contribution in [0.5, 0.6) is 11.5 Å². The largest absolute Gasteiger partial charge is 0.496 e. The lowest BCUT2D eigenvalue weighted by Gasteiger charge is -2.34. The Morgan fingerprint density at radius 3 is 2.57 bits per heavy atom. The molecule has 0 atom stereocenters. The zero-order chi connectivity index (χ0) is 31.4. The normalized spacial score (nSPS) is 18.3. The molecule has 0 saturated heterocycles. The van der Waals surface area contributed by atoms with Crippen molar-refractivity contribution in [2.75, 3.05) is 19.0 Å². The number of anilines is 1. The number of amides is 2. The summed E-state index contributed by atoms with van der Waals surface area (Å²) in [6.07, 6.45) is 6.78. The summed E-state index contributed by atoms with van der Waals surface area (Å²) in [5, 5.41) is 3.05. The van der Waals surface area contributed by atoms with Crippen LogP contribution >= 0.6 is 0 Å². The van der Waals surface area contributed by atoms with Crippen molar-refractivity contribution in [2.24, 2.45) is 5.92 Å². The quantitative estimate of drug-likeness (QED) is 0.183. The second-order valence-corrected chi connectivity index (χ2v) is 18.9. The molecule has 1 N–H and O–H groups in total. The van der Waals surface area contributed by atoms with E-state index in [1.165, 1.54) is 0 Å². The number of fused-ring (bicyclic) bond motifs is 1. The van der Waals surface area contributed by atoms with Crippen molar-refractivity contribution < 1.29 is 23.8 Å². The van der Waals surface area contributed by atoms with Gasteiger partial charge in [0.2, 0.25) is 5.91 Å². The van der Waals surface area contributed by atoms with Crippen LogP contribution in [0.3, 0.4) is 0 Å². The molecule has 1 fully saturated rings. The maximum Gasteiger partial charge on any atom is 0.254 e. The number of carbonyl (C=O) groups is 2. The monoisotopic (exact) mass is 618 g/mol. The van der Waals surface area contributed by atoms with Gasteiger partial charge >= 0.3 is 0 Å². The summed E-state index contributed by atoms with van der Waals surface area (Å²) < 4.78 is 19.4. The van der Waals surface area contributed by atoms with Crippen LogP contribution < -0.4 is 14.8 Å². The van der Waals surface area contributed by atoms with Crippen LogP contribution in [-0.4, -0.2) is 54.1 Å². The van der Waals surface area contributed by atoms with Crippen molar-refractivity contribution in [3.05, 3.63) is 70.8 Å². The molecule has 1 saturated carbocycles. The molecular weight excluding hydrogens is 572 g/mol. The Labute approximate surface area is 261 Å². The van der Waals surface area contributed by atoms with E-state index < -0.39 is 8.07 Å². The van der Waals surface area contributed by atoms with Gasteiger partial charge in [-0.15, -0.1) is 0 Å². The Kier molecular flexibility index (Phi) is 9.80. The third-order valence-corrected chi connectivity index (χ3v) is 10.6. The van der Waals surface area contributed by atoms with Gasteiger partial charge in [-0.1, -0.05) is 25.7 Å². The first-order chi connectivity index (χ1) is 21.0. The van der Waals surface area contributed by atoms with E-state index in [0.29, 0.717) is 31.2 Å². The number of aryl methyl sites for hydroxylation is 2. The lowest BCUT2D eigenvalue weighted by molar-refractivity contribution is -0.121. The molecule has 10 heteroatoms. The molecule has 5 rings (SSSR count). The Bertz CT molecular complexity index is 1490. The molecule has 0 radical (unpaired) electrons. The molecule has 1 aliphatic heterocycles. The van der Waals surface area contributed by atoms with Gasteiger partial charge in [-0.05, 0) is 80.5 Å². The first kappa shape index (κ1) is 31.8. The van der Waals surface area contributed by atoms with Crippen molar-refractivity contribution >= 4 is 25.6 Å². The highest BCUT2D eigenvalue weighted by Gasteiger charge is 2.37. The topological polar surface area (TPSA) is 94.9 Å². The number of rotatable bonds is 12. The van der Waals surface area contributed by atoms with E-state index in [2.05, 4.69) is 29.9 Å². The molecule has 2 aromatic carbocycles. The van der Waals surface area contributed by atoms with Crippen LogP contribution in [0.15, 0.2) is 42.7 Å². The van der Waals surface area contributed by atoms with Crippen molar-refractivity contribution in [2.45, 2.75) is 91.1 Å². The SMILES string of the molecule is COc1cc(NC(=O)C2CCC(N3Cc4c(C)cc(OCc5nccn5COCC[Si](C)(C)C)cc4C3=O)CC2)ccc1C. The molecule has 0 bridgehead atoms. The molecule has 1 aliphatic carbocycles. The van der Waals surface area contributed by atoms with Crippen LogP contribution in [0.1, 0.15) is 58.6 Å². The number of imidazole rings is 1. The lowest BCUT2D eigenvalue weighted by atomic mass is 9.84. The van der Waals surface area contributed by atoms with Gasteiger partial charge in [0, 0.05) is 62.9 Å². The first-order valence-corrected chi connectivity index (χ1v) is 19.3. The summed E-state index contributed by atoms with van der Waals surface area (Å²) in [5.74, 6) is 2.21. The highest BCUT2D eigenvalue weighted by Crippen LogP contribution is 2.36. The number of benzene rings is 2. The van der Waals surface area contributed by atoms with E-state index in [1.54, 1.807) is 13.3 Å². The van der Waals surface area contributed by atoms with Crippen LogP contribution in [0.25, 0.3) is 0 Å². The predicted octanol–water partition coefficient (Wildman–Crippen LogP) is 6.55. The highest BCUT2D eigenvalue weighted by atomic mass is 28.3. The number of ether oxygens (including phenoxy) is 3. The minimum absolute atomic E-state index is 0.0294. The molecule has 3 aromatic rings. The van der Waals surface area contributed by atoms with Crippen LogP contribution in [0.2, 0.25) is 25.7 Å². The van der Waals surface area contributed by atoms with Gasteiger partial charge in [0.25, 0.3) is 5.91 Å². The Morgan fingerprint density at radius 1 is 1.07 bits per heavy atom. The van der Waals surface area contributed by atoms with E-state index in [4.69, 9.17) is 14.2 Å². The minimum atomic E-state index is -1.14. The minimum Gasteiger partial charge on any atom is -0.496 e. The van der Waals surface area contributed by atoms with Crippen molar-refractivity contribution in [1.29, 1.82) is 0 Å². The standard InChI is InChI=1S/C34H46N4O5Si/c1-23-7-10-26(18-31(23)41-3)36-33(39)25-8-11-27(12-9-25)38-20-30-24(2)17-28(19-29(30)34(38)40)43-21-32-35-13-14-37(32)22-42-15-16-44(4,5)6/h7,10,13-14,17-19,25,27H,8-9,11-12,15-16,20-22H2,1-6H3,(H,36,39). The second kappa shape index (κ2) is 13.6. The second-order valence-electron chi connectivity index (χ2n) is 13.3. The predicted molar refractivity (Wildman–Crippen MR) is 174 cm³/mol. The number of hydrogen-bond acceptors (Lipinski definition) is 6. The van der Waals surface area contributed by atoms with Crippen LogP contribution in [0, 0.1) is 19.8 Å². The zero-order valence-electron chi connectivity index (χ0n) is 26.9. The van der Waals surface area contributed by atoms with E-state index >= 15 is 0 Å². The molecule has 1 aromatic heterocycles. The molecule has 44 heavy (non-hydrogen) atoms. The fourth-order valence-corrected chi connectivity index (χ4v) is 6.80. The van der Waals surface area contributed by atoms with Gasteiger partial charge in [0.05, 0.1) is 7.11 Å². The number of methoxy groups -OCH3 is 1. The molecule has 0 unspecified atom stereocenters. The Hall–Kier alpha value is -3.63. The van der Waals surface area contributed by atoms with Gasteiger partial charge in [-0.25, -0.2) is 4.98 Å². The third-order valence-electron chi connectivity index (χ3n) is 8.85. The number of hydrogen-bond donors (Lipinski definition) is 1. The average molecular weight is 619 g/mol. The van der Waals surface area contributed by atoms with Crippen molar-refractivity contribution in [1.82, 2.24) is 14.5 Å². The molecule has 0 spiro atoms. The average Bonchev–Trinajstić information content (AvgIpc) is 3.58. The fourth-order valence-electron chi connectivity index (χ4n) is 6.04. The van der Waals surface area contributed by atoms with Crippen LogP contribution in [-0.2, 0) is 29.4 Å². The summed E-state index contributed by atoms with van der Waals surface area (Å²) in [6, 6.07) is 10.8. The Morgan fingerprint density at radius 2 is 1.84 bits per heavy atom. The molecular formula is C34H46N4O5Si. The van der Waals surface area contributed by atoms with Crippen molar-refractivity contribution in [3.8, 4) is 11.5 Å². The molecule has 2 aliphatic rings. The smallest absolute Gasteiger partial charge is 0.254 e. The van der Waals surface area contributed by atoms with E-state index in [0.717, 1.165) is 72.3 Å². The number of carbonyl (C=O) groups excluding carboxylic acids is 2. The summed E-state index contributed by atoms with van der Waals surface area (Å²) >= 11 is 0. The highest BCUT2D eigenvalue weighted by molar-refractivity contribution is 6.76. The number of nitrogens with one attached hydrogen (secondary N) is 1. The lowest BCUT2D eigenvalue weighted by Crippen LogP contribution is -2.40. The first-order valence-electron chi connectivity index (χ1n) is 15.6. The summed E-state index contributed by atoms with van der Waals surface area (Å²) in [7, 11) is 0.493. The maximum absolute atomic E-state index is 13.6. The van der Waals surface area contributed by atoms with Gasteiger partial charge in [-0.3, -0.25) is 9.59 Å².